The summed E-state index contributed by atoms with van der Waals surface area (Å²) in [6, 6.07) is 5.31. The summed E-state index contributed by atoms with van der Waals surface area (Å²) in [4.78, 5) is 11.5. The van der Waals surface area contributed by atoms with Gasteiger partial charge < -0.3 is 15.2 Å². The van der Waals surface area contributed by atoms with Gasteiger partial charge in [0.2, 0.25) is 0 Å². The van der Waals surface area contributed by atoms with Gasteiger partial charge in [-0.25, -0.2) is 0 Å². The predicted octanol–water partition coefficient (Wildman–Crippen LogP) is 2.38. The number of ether oxygens (including phenoxy) is 2. The smallest absolute Gasteiger partial charge is 0.314 e. The Morgan fingerprint density at radius 1 is 1.44 bits per heavy atom. The van der Waals surface area contributed by atoms with Gasteiger partial charge in [-0.05, 0) is 26.0 Å². The fraction of sp³-hybridized carbons (Fsp3) is 0.462. The number of hydrogen-bond acceptors (Lipinski definition) is 4. The maximum Gasteiger partial charge on any atom is 0.314 e. The van der Waals surface area contributed by atoms with E-state index in [1.807, 2.05) is 0 Å². The summed E-state index contributed by atoms with van der Waals surface area (Å²) in [7, 11) is 1.36. The van der Waals surface area contributed by atoms with Crippen LogP contribution in [0, 0.1) is 5.41 Å². The van der Waals surface area contributed by atoms with E-state index in [1.54, 1.807) is 32.0 Å². The zero-order valence-electron chi connectivity index (χ0n) is 10.8. The van der Waals surface area contributed by atoms with Crippen LogP contribution in [0.15, 0.2) is 18.2 Å². The topological polar surface area (TPSA) is 61.5 Å². The van der Waals surface area contributed by atoms with Crippen LogP contribution in [-0.4, -0.2) is 19.7 Å². The molecule has 0 saturated heterocycles. The normalized spacial score (nSPS) is 11.2. The third-order valence-corrected chi connectivity index (χ3v) is 2.96. The van der Waals surface area contributed by atoms with E-state index in [1.165, 1.54) is 7.11 Å². The fourth-order valence-electron chi connectivity index (χ4n) is 1.47. The van der Waals surface area contributed by atoms with Crippen molar-refractivity contribution < 1.29 is 14.3 Å². The highest BCUT2D eigenvalue weighted by Gasteiger charge is 2.30. The molecule has 0 unspecified atom stereocenters. The number of halogens is 1. The lowest BCUT2D eigenvalue weighted by Gasteiger charge is -2.22. The number of esters is 1. The van der Waals surface area contributed by atoms with Crippen LogP contribution in [0.4, 0.5) is 0 Å². The van der Waals surface area contributed by atoms with Crippen molar-refractivity contribution in [2.45, 2.75) is 20.4 Å². The molecule has 0 amide bonds. The zero-order chi connectivity index (χ0) is 13.8. The SMILES string of the molecule is COC(=O)C(C)(C)COc1cccc(Cl)c1CN. The van der Waals surface area contributed by atoms with Crippen LogP contribution in [-0.2, 0) is 16.1 Å². The van der Waals surface area contributed by atoms with Crippen LogP contribution in [0.1, 0.15) is 19.4 Å². The van der Waals surface area contributed by atoms with E-state index in [4.69, 9.17) is 26.8 Å². The van der Waals surface area contributed by atoms with Gasteiger partial charge in [-0.2, -0.15) is 0 Å². The molecule has 0 radical (unpaired) electrons. The molecule has 0 fully saturated rings. The van der Waals surface area contributed by atoms with Gasteiger partial charge in [0.05, 0.1) is 12.5 Å². The van der Waals surface area contributed by atoms with E-state index in [2.05, 4.69) is 0 Å². The Morgan fingerprint density at radius 2 is 2.11 bits per heavy atom. The van der Waals surface area contributed by atoms with Crippen molar-refractivity contribution in [3.8, 4) is 5.75 Å². The molecular weight excluding hydrogens is 254 g/mol. The highest BCUT2D eigenvalue weighted by molar-refractivity contribution is 6.31. The van der Waals surface area contributed by atoms with Crippen molar-refractivity contribution in [3.05, 3.63) is 28.8 Å². The Kier molecular flexibility index (Phi) is 4.99. The van der Waals surface area contributed by atoms with Gasteiger partial charge in [0.1, 0.15) is 12.4 Å². The van der Waals surface area contributed by atoms with Gasteiger partial charge in [0, 0.05) is 17.1 Å². The standard InChI is InChI=1S/C13H18ClNO3/c1-13(2,12(16)17-3)8-18-11-6-4-5-10(14)9(11)7-15/h4-6H,7-8,15H2,1-3H3. The lowest BCUT2D eigenvalue weighted by atomic mass is 9.95. The second-order valence-electron chi connectivity index (χ2n) is 4.58. The summed E-state index contributed by atoms with van der Waals surface area (Å²) in [6.07, 6.45) is 0. The Morgan fingerprint density at radius 3 is 2.67 bits per heavy atom. The second-order valence-corrected chi connectivity index (χ2v) is 4.99. The summed E-state index contributed by atoms with van der Waals surface area (Å²) in [6.45, 7) is 4.00. The molecular formula is C13H18ClNO3. The number of carbonyl (C=O) groups excluding carboxylic acids is 1. The van der Waals surface area contributed by atoms with Crippen LogP contribution in [0.2, 0.25) is 5.02 Å². The van der Waals surface area contributed by atoms with Crippen LogP contribution < -0.4 is 10.5 Å². The quantitative estimate of drug-likeness (QED) is 0.835. The third kappa shape index (κ3) is 3.37. The Hall–Kier alpha value is -1.26. The van der Waals surface area contributed by atoms with E-state index >= 15 is 0 Å². The molecule has 100 valence electrons. The summed E-state index contributed by atoms with van der Waals surface area (Å²) in [5, 5.41) is 0.561. The molecule has 1 aromatic rings. The highest BCUT2D eigenvalue weighted by Crippen LogP contribution is 2.28. The fourth-order valence-corrected chi connectivity index (χ4v) is 1.71. The summed E-state index contributed by atoms with van der Waals surface area (Å²) < 4.78 is 10.3. The molecule has 0 aliphatic carbocycles. The molecule has 5 heteroatoms. The molecule has 0 bridgehead atoms. The van der Waals surface area contributed by atoms with Gasteiger partial charge in [-0.1, -0.05) is 17.7 Å². The average Bonchev–Trinajstić information content (AvgIpc) is 2.35. The zero-order valence-corrected chi connectivity index (χ0v) is 11.6. The Bertz CT molecular complexity index is 432. The first kappa shape index (κ1) is 14.8. The number of hydrogen-bond donors (Lipinski definition) is 1. The minimum absolute atomic E-state index is 0.201. The van der Waals surface area contributed by atoms with Gasteiger partial charge >= 0.3 is 5.97 Å². The summed E-state index contributed by atoms with van der Waals surface area (Å²) >= 11 is 6.02. The number of nitrogens with two attached hydrogens (primary N) is 1. The van der Waals surface area contributed by atoms with Crippen LogP contribution >= 0.6 is 11.6 Å². The lowest BCUT2D eigenvalue weighted by Crippen LogP contribution is -2.32. The first-order chi connectivity index (χ1) is 8.42. The van der Waals surface area contributed by atoms with Gasteiger partial charge in [-0.3, -0.25) is 4.79 Å². The van der Waals surface area contributed by atoms with Crippen molar-refractivity contribution in [1.29, 1.82) is 0 Å². The van der Waals surface area contributed by atoms with Crippen molar-refractivity contribution in [1.82, 2.24) is 0 Å². The molecule has 0 saturated carbocycles. The number of rotatable bonds is 5. The van der Waals surface area contributed by atoms with E-state index in [0.717, 1.165) is 5.56 Å². The largest absolute Gasteiger partial charge is 0.492 e. The minimum Gasteiger partial charge on any atom is -0.492 e. The average molecular weight is 272 g/mol. The maximum absolute atomic E-state index is 11.5. The Balaban J connectivity index is 2.81. The Labute approximate surface area is 112 Å². The van der Waals surface area contributed by atoms with Crippen molar-refractivity contribution in [3.63, 3.8) is 0 Å². The molecule has 0 spiro atoms. The molecule has 0 aromatic heterocycles. The molecule has 18 heavy (non-hydrogen) atoms. The highest BCUT2D eigenvalue weighted by atomic mass is 35.5. The van der Waals surface area contributed by atoms with E-state index in [0.29, 0.717) is 10.8 Å². The van der Waals surface area contributed by atoms with E-state index in [-0.39, 0.29) is 19.1 Å². The summed E-state index contributed by atoms with van der Waals surface area (Å²) in [5.41, 5.74) is 5.64. The molecule has 4 nitrogen and oxygen atoms in total. The summed E-state index contributed by atoms with van der Waals surface area (Å²) in [5.74, 6) is 0.279. The van der Waals surface area contributed by atoms with Crippen molar-refractivity contribution in [2.75, 3.05) is 13.7 Å². The van der Waals surface area contributed by atoms with E-state index < -0.39 is 5.41 Å². The van der Waals surface area contributed by atoms with Crippen LogP contribution in [0.5, 0.6) is 5.75 Å². The molecule has 1 rings (SSSR count). The first-order valence-corrected chi connectivity index (χ1v) is 5.99. The number of carbonyl (C=O) groups is 1. The van der Waals surface area contributed by atoms with E-state index in [9.17, 15) is 4.79 Å². The third-order valence-electron chi connectivity index (χ3n) is 2.61. The first-order valence-electron chi connectivity index (χ1n) is 5.61. The lowest BCUT2D eigenvalue weighted by molar-refractivity contribution is -0.152. The molecule has 1 aromatic carbocycles. The molecule has 0 atom stereocenters. The van der Waals surface area contributed by atoms with Crippen LogP contribution in [0.3, 0.4) is 0 Å². The molecule has 0 heterocycles. The predicted molar refractivity (Wildman–Crippen MR) is 70.6 cm³/mol. The van der Waals surface area contributed by atoms with Gasteiger partial charge in [-0.15, -0.1) is 0 Å². The second kappa shape index (κ2) is 6.07. The molecule has 2 N–H and O–H groups in total. The maximum atomic E-state index is 11.5. The van der Waals surface area contributed by atoms with Crippen LogP contribution in [0.25, 0.3) is 0 Å². The number of benzene rings is 1. The van der Waals surface area contributed by atoms with Crippen molar-refractivity contribution >= 4 is 17.6 Å². The van der Waals surface area contributed by atoms with Gasteiger partial charge in [0.15, 0.2) is 0 Å². The molecule has 0 aliphatic rings. The molecule has 0 aliphatic heterocycles. The van der Waals surface area contributed by atoms with Gasteiger partial charge in [0.25, 0.3) is 0 Å². The van der Waals surface area contributed by atoms with Crippen molar-refractivity contribution in [2.24, 2.45) is 11.1 Å². The number of methoxy groups -OCH3 is 1. The minimum atomic E-state index is -0.719. The monoisotopic (exact) mass is 271 g/mol.